The SMILES string of the molecule is COc1ccc(C(=O)N(Cc2ccccc2O)CC2CCCO2)cc1F. The topological polar surface area (TPSA) is 59.0 Å². The van der Waals surface area contributed by atoms with E-state index in [1.165, 1.54) is 25.3 Å². The number of methoxy groups -OCH3 is 1. The van der Waals surface area contributed by atoms with Crippen LogP contribution >= 0.6 is 0 Å². The molecule has 1 heterocycles. The Hall–Kier alpha value is -2.60. The van der Waals surface area contributed by atoms with Crippen molar-refractivity contribution in [3.05, 3.63) is 59.4 Å². The van der Waals surface area contributed by atoms with Crippen LogP contribution in [0.4, 0.5) is 4.39 Å². The molecule has 0 saturated carbocycles. The minimum atomic E-state index is -0.585. The number of ether oxygens (including phenoxy) is 2. The molecule has 3 rings (SSSR count). The van der Waals surface area contributed by atoms with Crippen molar-refractivity contribution in [1.29, 1.82) is 0 Å². The summed E-state index contributed by atoms with van der Waals surface area (Å²) >= 11 is 0. The molecule has 1 N–H and O–H groups in total. The largest absolute Gasteiger partial charge is 0.508 e. The molecule has 1 saturated heterocycles. The van der Waals surface area contributed by atoms with Gasteiger partial charge in [-0.1, -0.05) is 18.2 Å². The summed E-state index contributed by atoms with van der Waals surface area (Å²) in [4.78, 5) is 14.6. The van der Waals surface area contributed by atoms with E-state index in [9.17, 15) is 14.3 Å². The number of amides is 1. The number of carbonyl (C=O) groups is 1. The molecule has 0 spiro atoms. The first-order chi connectivity index (χ1) is 12.6. The minimum Gasteiger partial charge on any atom is -0.508 e. The lowest BCUT2D eigenvalue weighted by molar-refractivity contribution is 0.0505. The average Bonchev–Trinajstić information content (AvgIpc) is 3.15. The second kappa shape index (κ2) is 8.19. The predicted molar refractivity (Wildman–Crippen MR) is 94.8 cm³/mol. The number of hydrogen-bond donors (Lipinski definition) is 1. The van der Waals surface area contributed by atoms with E-state index in [1.54, 1.807) is 29.2 Å². The van der Waals surface area contributed by atoms with Crippen molar-refractivity contribution in [2.45, 2.75) is 25.5 Å². The third-order valence-electron chi connectivity index (χ3n) is 4.49. The fraction of sp³-hybridized carbons (Fsp3) is 0.350. The van der Waals surface area contributed by atoms with Crippen LogP contribution in [0.1, 0.15) is 28.8 Å². The molecule has 26 heavy (non-hydrogen) atoms. The van der Waals surface area contributed by atoms with E-state index in [2.05, 4.69) is 0 Å². The normalized spacial score (nSPS) is 16.5. The van der Waals surface area contributed by atoms with Gasteiger partial charge in [0.1, 0.15) is 5.75 Å². The van der Waals surface area contributed by atoms with Gasteiger partial charge in [0.05, 0.1) is 13.2 Å². The van der Waals surface area contributed by atoms with Gasteiger partial charge in [-0.15, -0.1) is 0 Å². The lowest BCUT2D eigenvalue weighted by Crippen LogP contribution is -2.37. The Morgan fingerprint density at radius 3 is 2.81 bits per heavy atom. The summed E-state index contributed by atoms with van der Waals surface area (Å²) in [5.41, 5.74) is 0.865. The maximum atomic E-state index is 14.0. The van der Waals surface area contributed by atoms with Gasteiger partial charge < -0.3 is 19.5 Å². The Bertz CT molecular complexity index is 774. The predicted octanol–water partition coefficient (Wildman–Crippen LogP) is 3.36. The lowest BCUT2D eigenvalue weighted by Gasteiger charge is -2.26. The van der Waals surface area contributed by atoms with Crippen LogP contribution in [0.2, 0.25) is 0 Å². The van der Waals surface area contributed by atoms with Gasteiger partial charge in [-0.3, -0.25) is 4.79 Å². The highest BCUT2D eigenvalue weighted by molar-refractivity contribution is 5.94. The first kappa shape index (κ1) is 18.2. The maximum Gasteiger partial charge on any atom is 0.254 e. The number of benzene rings is 2. The highest BCUT2D eigenvalue weighted by Gasteiger charge is 2.25. The van der Waals surface area contributed by atoms with E-state index < -0.39 is 5.82 Å². The van der Waals surface area contributed by atoms with Crippen LogP contribution in [0.25, 0.3) is 0 Å². The molecule has 5 nitrogen and oxygen atoms in total. The van der Waals surface area contributed by atoms with Crippen molar-refractivity contribution in [3.8, 4) is 11.5 Å². The van der Waals surface area contributed by atoms with Gasteiger partial charge in [-0.2, -0.15) is 0 Å². The zero-order chi connectivity index (χ0) is 18.5. The summed E-state index contributed by atoms with van der Waals surface area (Å²) < 4.78 is 24.6. The first-order valence-electron chi connectivity index (χ1n) is 8.59. The monoisotopic (exact) mass is 359 g/mol. The molecule has 0 bridgehead atoms. The molecule has 1 fully saturated rings. The van der Waals surface area contributed by atoms with Crippen molar-refractivity contribution in [2.75, 3.05) is 20.3 Å². The summed E-state index contributed by atoms with van der Waals surface area (Å²) in [6.45, 7) is 1.29. The van der Waals surface area contributed by atoms with Gasteiger partial charge in [-0.05, 0) is 37.1 Å². The van der Waals surface area contributed by atoms with Gasteiger partial charge in [0, 0.05) is 30.8 Å². The molecular weight excluding hydrogens is 337 g/mol. The van der Waals surface area contributed by atoms with Crippen LogP contribution in [-0.4, -0.2) is 42.3 Å². The molecule has 1 aliphatic rings. The first-order valence-corrected chi connectivity index (χ1v) is 8.59. The molecule has 1 atom stereocenters. The van der Waals surface area contributed by atoms with Crippen molar-refractivity contribution >= 4 is 5.91 Å². The Kier molecular flexibility index (Phi) is 5.73. The van der Waals surface area contributed by atoms with Gasteiger partial charge in [0.15, 0.2) is 11.6 Å². The van der Waals surface area contributed by atoms with Crippen LogP contribution < -0.4 is 4.74 Å². The molecular formula is C20H22FNO4. The highest BCUT2D eigenvalue weighted by atomic mass is 19.1. The summed E-state index contributed by atoms with van der Waals surface area (Å²) in [5, 5.41) is 10.0. The fourth-order valence-electron chi connectivity index (χ4n) is 3.09. The zero-order valence-electron chi connectivity index (χ0n) is 14.7. The number of para-hydroxylation sites is 1. The summed E-state index contributed by atoms with van der Waals surface area (Å²) in [7, 11) is 1.38. The number of carbonyl (C=O) groups excluding carboxylic acids is 1. The number of phenols is 1. The van der Waals surface area contributed by atoms with Crippen LogP contribution in [0, 0.1) is 5.82 Å². The Balaban J connectivity index is 1.84. The van der Waals surface area contributed by atoms with Crippen LogP contribution in [-0.2, 0) is 11.3 Å². The average molecular weight is 359 g/mol. The molecule has 138 valence electrons. The van der Waals surface area contributed by atoms with Gasteiger partial charge in [0.25, 0.3) is 5.91 Å². The highest BCUT2D eigenvalue weighted by Crippen LogP contribution is 2.23. The quantitative estimate of drug-likeness (QED) is 0.859. The standard InChI is InChI=1S/C20H22FNO4/c1-25-19-9-8-14(11-17(19)21)20(24)22(13-16-6-4-10-26-16)12-15-5-2-3-7-18(15)23/h2-3,5,7-9,11,16,23H,4,6,10,12-13H2,1H3. The Labute approximate surface area is 152 Å². The summed E-state index contributed by atoms with van der Waals surface area (Å²) in [5.74, 6) is -0.685. The summed E-state index contributed by atoms with van der Waals surface area (Å²) in [6.07, 6.45) is 1.79. The third kappa shape index (κ3) is 4.14. The number of aromatic hydroxyl groups is 1. The Morgan fingerprint density at radius 1 is 1.35 bits per heavy atom. The molecule has 0 aromatic heterocycles. The van der Waals surface area contributed by atoms with E-state index in [1.807, 2.05) is 0 Å². The van der Waals surface area contributed by atoms with Gasteiger partial charge in [-0.25, -0.2) is 4.39 Å². The second-order valence-corrected chi connectivity index (χ2v) is 6.30. The van der Waals surface area contributed by atoms with Crippen LogP contribution in [0.15, 0.2) is 42.5 Å². The lowest BCUT2D eigenvalue weighted by atomic mass is 10.1. The molecule has 1 amide bonds. The molecule has 1 unspecified atom stereocenters. The van der Waals surface area contributed by atoms with E-state index in [4.69, 9.17) is 9.47 Å². The third-order valence-corrected chi connectivity index (χ3v) is 4.49. The second-order valence-electron chi connectivity index (χ2n) is 6.30. The van der Waals surface area contributed by atoms with E-state index in [-0.39, 0.29) is 35.6 Å². The van der Waals surface area contributed by atoms with Crippen molar-refractivity contribution in [2.24, 2.45) is 0 Å². The fourth-order valence-corrected chi connectivity index (χ4v) is 3.09. The van der Waals surface area contributed by atoms with Crippen molar-refractivity contribution in [3.63, 3.8) is 0 Å². The molecule has 0 aliphatic carbocycles. The smallest absolute Gasteiger partial charge is 0.254 e. The zero-order valence-corrected chi connectivity index (χ0v) is 14.7. The van der Waals surface area contributed by atoms with E-state index >= 15 is 0 Å². The summed E-state index contributed by atoms with van der Waals surface area (Å²) in [6, 6.07) is 11.0. The number of phenolic OH excluding ortho intramolecular Hbond substituents is 1. The number of hydrogen-bond acceptors (Lipinski definition) is 4. The van der Waals surface area contributed by atoms with Gasteiger partial charge in [0.2, 0.25) is 0 Å². The maximum absolute atomic E-state index is 14.0. The molecule has 1 aliphatic heterocycles. The van der Waals surface area contributed by atoms with Crippen LogP contribution in [0.5, 0.6) is 11.5 Å². The number of nitrogens with zero attached hydrogens (tertiary/aromatic N) is 1. The minimum absolute atomic E-state index is 0.0482. The van der Waals surface area contributed by atoms with Crippen molar-refractivity contribution in [1.82, 2.24) is 4.90 Å². The molecule has 6 heteroatoms. The molecule has 2 aromatic carbocycles. The molecule has 2 aromatic rings. The van der Waals surface area contributed by atoms with E-state index in [0.717, 1.165) is 12.8 Å². The van der Waals surface area contributed by atoms with Gasteiger partial charge >= 0.3 is 0 Å². The number of halogens is 1. The van der Waals surface area contributed by atoms with Crippen LogP contribution in [0.3, 0.4) is 0 Å². The molecule has 0 radical (unpaired) electrons. The Morgan fingerprint density at radius 2 is 2.15 bits per heavy atom. The van der Waals surface area contributed by atoms with E-state index in [0.29, 0.717) is 18.7 Å². The number of rotatable bonds is 6. The van der Waals surface area contributed by atoms with Crippen molar-refractivity contribution < 1.29 is 23.8 Å².